The number of carbonyl (C=O) groups excluding carboxylic acids is 1. The van der Waals surface area contributed by atoms with Crippen LogP contribution in [0.4, 0.5) is 0 Å². The fraction of sp³-hybridized carbons (Fsp3) is 0.467. The SMILES string of the molecule is CC1(CNC(=O)c2cccc(C(=O)O)c2)CCCC1. The highest BCUT2D eigenvalue weighted by Crippen LogP contribution is 2.36. The van der Waals surface area contributed by atoms with Gasteiger partial charge in [0.15, 0.2) is 0 Å². The number of rotatable bonds is 4. The first-order valence-corrected chi connectivity index (χ1v) is 6.62. The number of carboxylic acid groups (broad SMARTS) is 1. The average Bonchev–Trinajstić information content (AvgIpc) is 2.83. The maximum Gasteiger partial charge on any atom is 0.335 e. The second-order valence-electron chi connectivity index (χ2n) is 5.59. The van der Waals surface area contributed by atoms with Crippen molar-refractivity contribution in [2.24, 2.45) is 5.41 Å². The van der Waals surface area contributed by atoms with Gasteiger partial charge in [0.05, 0.1) is 5.56 Å². The summed E-state index contributed by atoms with van der Waals surface area (Å²) in [5.74, 6) is -1.21. The lowest BCUT2D eigenvalue weighted by Crippen LogP contribution is -2.34. The van der Waals surface area contributed by atoms with Gasteiger partial charge in [-0.1, -0.05) is 25.8 Å². The molecule has 102 valence electrons. The van der Waals surface area contributed by atoms with Crippen LogP contribution in [-0.4, -0.2) is 23.5 Å². The average molecular weight is 261 g/mol. The van der Waals surface area contributed by atoms with Gasteiger partial charge in [-0.05, 0) is 36.5 Å². The number of hydrogen-bond donors (Lipinski definition) is 2. The van der Waals surface area contributed by atoms with Crippen molar-refractivity contribution in [1.82, 2.24) is 5.32 Å². The lowest BCUT2D eigenvalue weighted by atomic mass is 9.89. The van der Waals surface area contributed by atoms with Crippen LogP contribution in [0.1, 0.15) is 53.3 Å². The second-order valence-corrected chi connectivity index (χ2v) is 5.59. The summed E-state index contributed by atoms with van der Waals surface area (Å²) >= 11 is 0. The lowest BCUT2D eigenvalue weighted by molar-refractivity contribution is 0.0697. The van der Waals surface area contributed by atoms with Gasteiger partial charge in [0.2, 0.25) is 0 Å². The van der Waals surface area contributed by atoms with Crippen LogP contribution in [0.5, 0.6) is 0 Å². The first-order chi connectivity index (χ1) is 9.00. The molecule has 1 aliphatic rings. The minimum absolute atomic E-state index is 0.139. The molecule has 19 heavy (non-hydrogen) atoms. The molecular formula is C15H19NO3. The molecule has 0 saturated heterocycles. The van der Waals surface area contributed by atoms with Crippen molar-refractivity contribution in [2.45, 2.75) is 32.6 Å². The molecule has 1 saturated carbocycles. The Morgan fingerprint density at radius 3 is 2.53 bits per heavy atom. The van der Waals surface area contributed by atoms with Gasteiger partial charge in [-0.2, -0.15) is 0 Å². The van der Waals surface area contributed by atoms with E-state index in [1.54, 1.807) is 12.1 Å². The summed E-state index contributed by atoms with van der Waals surface area (Å²) in [6.45, 7) is 2.84. The monoisotopic (exact) mass is 261 g/mol. The zero-order valence-corrected chi connectivity index (χ0v) is 11.1. The fourth-order valence-electron chi connectivity index (χ4n) is 2.59. The van der Waals surface area contributed by atoms with Gasteiger partial charge in [-0.25, -0.2) is 4.79 Å². The van der Waals surface area contributed by atoms with E-state index < -0.39 is 5.97 Å². The molecule has 0 spiro atoms. The zero-order chi connectivity index (χ0) is 13.9. The van der Waals surface area contributed by atoms with Crippen molar-refractivity contribution in [3.63, 3.8) is 0 Å². The van der Waals surface area contributed by atoms with Gasteiger partial charge in [0.1, 0.15) is 0 Å². The number of aromatic carboxylic acids is 1. The number of carboxylic acids is 1. The molecule has 4 heteroatoms. The molecule has 0 aliphatic heterocycles. The van der Waals surface area contributed by atoms with E-state index in [4.69, 9.17) is 5.11 Å². The van der Waals surface area contributed by atoms with Gasteiger partial charge in [-0.15, -0.1) is 0 Å². The third kappa shape index (κ3) is 3.34. The maximum atomic E-state index is 12.0. The third-order valence-electron chi connectivity index (χ3n) is 3.86. The predicted molar refractivity (Wildman–Crippen MR) is 72.3 cm³/mol. The Kier molecular flexibility index (Phi) is 3.88. The Hall–Kier alpha value is -1.84. The van der Waals surface area contributed by atoms with E-state index in [0.717, 1.165) is 12.8 Å². The Morgan fingerprint density at radius 2 is 1.89 bits per heavy atom. The molecule has 2 rings (SSSR count). The number of carbonyl (C=O) groups is 2. The predicted octanol–water partition coefficient (Wildman–Crippen LogP) is 2.69. The van der Waals surface area contributed by atoms with Gasteiger partial charge < -0.3 is 10.4 Å². The van der Waals surface area contributed by atoms with E-state index in [0.29, 0.717) is 12.1 Å². The highest BCUT2D eigenvalue weighted by Gasteiger charge is 2.28. The van der Waals surface area contributed by atoms with E-state index >= 15 is 0 Å². The van der Waals surface area contributed by atoms with E-state index in [1.807, 2.05) is 0 Å². The molecule has 0 atom stereocenters. The van der Waals surface area contributed by atoms with Crippen molar-refractivity contribution in [2.75, 3.05) is 6.54 Å². The third-order valence-corrected chi connectivity index (χ3v) is 3.86. The summed E-state index contributed by atoms with van der Waals surface area (Å²) in [5, 5.41) is 11.8. The number of hydrogen-bond acceptors (Lipinski definition) is 2. The molecule has 0 unspecified atom stereocenters. The van der Waals surface area contributed by atoms with Gasteiger partial charge in [0, 0.05) is 12.1 Å². The molecule has 1 aliphatic carbocycles. The Bertz CT molecular complexity index is 490. The van der Waals surface area contributed by atoms with Crippen LogP contribution in [0.15, 0.2) is 24.3 Å². The molecule has 0 radical (unpaired) electrons. The molecule has 4 nitrogen and oxygen atoms in total. The normalized spacial score (nSPS) is 17.1. The summed E-state index contributed by atoms with van der Waals surface area (Å²) in [7, 11) is 0. The van der Waals surface area contributed by atoms with Crippen LogP contribution in [0.25, 0.3) is 0 Å². The van der Waals surface area contributed by atoms with Crippen LogP contribution in [0.2, 0.25) is 0 Å². The highest BCUT2D eigenvalue weighted by atomic mass is 16.4. The standard InChI is InChI=1S/C15H19NO3/c1-15(7-2-3-8-15)10-16-13(17)11-5-4-6-12(9-11)14(18)19/h4-6,9H,2-3,7-8,10H2,1H3,(H,16,17)(H,18,19). The number of benzene rings is 1. The zero-order valence-electron chi connectivity index (χ0n) is 11.1. The molecule has 0 aromatic heterocycles. The Morgan fingerprint density at radius 1 is 1.26 bits per heavy atom. The minimum atomic E-state index is -1.02. The van der Waals surface area contributed by atoms with Gasteiger partial charge in [0.25, 0.3) is 5.91 Å². The maximum absolute atomic E-state index is 12.0. The molecule has 1 fully saturated rings. The number of amides is 1. The first-order valence-electron chi connectivity index (χ1n) is 6.62. The summed E-state index contributed by atoms with van der Waals surface area (Å²) < 4.78 is 0. The first kappa shape index (κ1) is 13.6. The van der Waals surface area contributed by atoms with Crippen molar-refractivity contribution in [1.29, 1.82) is 0 Å². The summed E-state index contributed by atoms with van der Waals surface area (Å²) in [4.78, 5) is 22.9. The van der Waals surface area contributed by atoms with E-state index in [9.17, 15) is 9.59 Å². The Balaban J connectivity index is 1.99. The lowest BCUT2D eigenvalue weighted by Gasteiger charge is -2.23. The van der Waals surface area contributed by atoms with Crippen LogP contribution >= 0.6 is 0 Å². The summed E-state index contributed by atoms with van der Waals surface area (Å²) in [6, 6.07) is 6.13. The van der Waals surface area contributed by atoms with Crippen LogP contribution in [-0.2, 0) is 0 Å². The Labute approximate surface area is 112 Å². The second kappa shape index (κ2) is 5.43. The smallest absolute Gasteiger partial charge is 0.335 e. The largest absolute Gasteiger partial charge is 0.478 e. The van der Waals surface area contributed by atoms with Crippen LogP contribution in [0, 0.1) is 5.41 Å². The topological polar surface area (TPSA) is 66.4 Å². The summed E-state index contributed by atoms with van der Waals surface area (Å²) in [5.41, 5.74) is 0.737. The van der Waals surface area contributed by atoms with Gasteiger partial charge >= 0.3 is 5.97 Å². The molecular weight excluding hydrogens is 242 g/mol. The fourth-order valence-corrected chi connectivity index (χ4v) is 2.59. The summed E-state index contributed by atoms with van der Waals surface area (Å²) in [6.07, 6.45) is 4.73. The van der Waals surface area contributed by atoms with Gasteiger partial charge in [-0.3, -0.25) is 4.79 Å². The van der Waals surface area contributed by atoms with E-state index in [-0.39, 0.29) is 16.9 Å². The van der Waals surface area contributed by atoms with E-state index in [1.165, 1.54) is 25.0 Å². The number of nitrogens with one attached hydrogen (secondary N) is 1. The van der Waals surface area contributed by atoms with Crippen molar-refractivity contribution in [3.05, 3.63) is 35.4 Å². The highest BCUT2D eigenvalue weighted by molar-refractivity contribution is 5.97. The van der Waals surface area contributed by atoms with Crippen LogP contribution in [0.3, 0.4) is 0 Å². The van der Waals surface area contributed by atoms with Crippen molar-refractivity contribution in [3.8, 4) is 0 Å². The molecule has 1 aromatic rings. The molecule has 1 aromatic carbocycles. The molecule has 0 bridgehead atoms. The molecule has 1 amide bonds. The molecule has 2 N–H and O–H groups in total. The van der Waals surface area contributed by atoms with Crippen molar-refractivity contribution >= 4 is 11.9 Å². The minimum Gasteiger partial charge on any atom is -0.478 e. The quantitative estimate of drug-likeness (QED) is 0.875. The van der Waals surface area contributed by atoms with Crippen LogP contribution < -0.4 is 5.32 Å². The molecule has 0 heterocycles. The van der Waals surface area contributed by atoms with E-state index in [2.05, 4.69) is 12.2 Å². The van der Waals surface area contributed by atoms with Crippen molar-refractivity contribution < 1.29 is 14.7 Å².